The minimum absolute atomic E-state index is 0.0391. The first-order valence-electron chi connectivity index (χ1n) is 9.86. The first kappa shape index (κ1) is 20.3. The van der Waals surface area contributed by atoms with Crippen LogP contribution in [-0.2, 0) is 15.3 Å². The highest BCUT2D eigenvalue weighted by atomic mass is 35.5. The number of thioether (sulfide) groups is 1. The number of carbonyl (C=O) groups is 2. The van der Waals surface area contributed by atoms with Gasteiger partial charge in [-0.05, 0) is 48.7 Å². The number of carbonyl (C=O) groups excluding carboxylic acids is 2. The highest BCUT2D eigenvalue weighted by molar-refractivity contribution is 8.00. The van der Waals surface area contributed by atoms with Crippen LogP contribution >= 0.6 is 46.3 Å². The summed E-state index contributed by atoms with van der Waals surface area (Å²) >= 11 is 15.3. The molecule has 0 radical (unpaired) electrons. The van der Waals surface area contributed by atoms with E-state index in [1.165, 1.54) is 4.90 Å². The van der Waals surface area contributed by atoms with Gasteiger partial charge in [0.15, 0.2) is 4.34 Å². The van der Waals surface area contributed by atoms with Gasteiger partial charge in [-0.3, -0.25) is 14.5 Å². The largest absolute Gasteiger partial charge is 0.274 e. The predicted molar refractivity (Wildman–Crippen MR) is 124 cm³/mol. The number of thiazole rings is 1. The van der Waals surface area contributed by atoms with E-state index in [0.717, 1.165) is 51.6 Å². The van der Waals surface area contributed by atoms with Gasteiger partial charge < -0.3 is 0 Å². The zero-order valence-corrected chi connectivity index (χ0v) is 19.1. The predicted octanol–water partition coefficient (Wildman–Crippen LogP) is 6.58. The van der Waals surface area contributed by atoms with Crippen LogP contribution in [0.2, 0.25) is 10.0 Å². The summed E-state index contributed by atoms with van der Waals surface area (Å²) in [7, 11) is 0. The van der Waals surface area contributed by atoms with Crippen molar-refractivity contribution in [1.29, 1.82) is 0 Å². The summed E-state index contributed by atoms with van der Waals surface area (Å²) in [6.07, 6.45) is 3.71. The second kappa shape index (κ2) is 8.15. The van der Waals surface area contributed by atoms with Gasteiger partial charge in [-0.15, -0.1) is 11.3 Å². The number of nitrogens with zero attached hydrogens (tertiary/aromatic N) is 2. The molecule has 1 saturated carbocycles. The van der Waals surface area contributed by atoms with Crippen LogP contribution in [0.4, 0.5) is 5.69 Å². The van der Waals surface area contributed by atoms with Crippen LogP contribution in [0.15, 0.2) is 40.7 Å². The van der Waals surface area contributed by atoms with E-state index in [2.05, 4.69) is 4.98 Å². The number of fused-ring (bicyclic) bond motifs is 2. The first-order chi connectivity index (χ1) is 14.5. The second-order valence-electron chi connectivity index (χ2n) is 7.68. The van der Waals surface area contributed by atoms with E-state index in [9.17, 15) is 9.59 Å². The van der Waals surface area contributed by atoms with E-state index in [1.54, 1.807) is 29.2 Å². The molecule has 5 rings (SSSR count). The molecule has 2 aromatic carbocycles. The van der Waals surface area contributed by atoms with Crippen LogP contribution in [0.25, 0.3) is 10.2 Å². The molecule has 2 heterocycles. The lowest BCUT2D eigenvalue weighted by Gasteiger charge is -2.19. The molecule has 1 aliphatic carbocycles. The molecule has 1 saturated heterocycles. The van der Waals surface area contributed by atoms with Crippen LogP contribution in [0.1, 0.15) is 31.2 Å². The number of halogens is 2. The van der Waals surface area contributed by atoms with Crippen molar-refractivity contribution in [3.8, 4) is 0 Å². The fraction of sp³-hybridized carbons (Fsp3) is 0.318. The zero-order valence-electron chi connectivity index (χ0n) is 15.9. The molecule has 0 N–H and O–H groups in total. The summed E-state index contributed by atoms with van der Waals surface area (Å²) in [6.45, 7) is 0. The van der Waals surface area contributed by atoms with Gasteiger partial charge in [-0.1, -0.05) is 53.9 Å². The summed E-state index contributed by atoms with van der Waals surface area (Å²) in [5.74, 6) is 0.378. The maximum absolute atomic E-state index is 12.9. The minimum atomic E-state index is -0.138. The Morgan fingerprint density at radius 1 is 1.00 bits per heavy atom. The average molecular weight is 477 g/mol. The van der Waals surface area contributed by atoms with E-state index >= 15 is 0 Å². The monoisotopic (exact) mass is 476 g/mol. The maximum atomic E-state index is 12.9. The Labute approximate surface area is 192 Å². The highest BCUT2D eigenvalue weighted by Gasteiger charge is 2.48. The van der Waals surface area contributed by atoms with Crippen molar-refractivity contribution >= 4 is 74.0 Å². The standard InChI is InChI=1S/C22H18Cl2N2O2S2/c23-16-7-5-12(9-17(16)24)11-29-22-25-18-8-6-13(10-19(18)30-22)26-20(27)14-3-1-2-4-15(14)21(26)28/h5-10,14-15H,1-4,11H2/t14-,15-/m1/s1. The van der Waals surface area contributed by atoms with Gasteiger partial charge in [0.1, 0.15) is 0 Å². The molecule has 2 fully saturated rings. The summed E-state index contributed by atoms with van der Waals surface area (Å²) in [5, 5.41) is 1.09. The van der Waals surface area contributed by atoms with Gasteiger partial charge in [-0.2, -0.15) is 0 Å². The first-order valence-corrected chi connectivity index (χ1v) is 12.4. The fourth-order valence-electron chi connectivity index (χ4n) is 4.28. The van der Waals surface area contributed by atoms with Crippen LogP contribution in [0.5, 0.6) is 0 Å². The minimum Gasteiger partial charge on any atom is -0.274 e. The molecule has 2 amide bonds. The number of benzene rings is 2. The Hall–Kier alpha value is -1.60. The summed E-state index contributed by atoms with van der Waals surface area (Å²) in [5.41, 5.74) is 2.61. The van der Waals surface area contributed by atoms with Crippen molar-refractivity contribution in [3.63, 3.8) is 0 Å². The Balaban J connectivity index is 1.37. The molecule has 8 heteroatoms. The average Bonchev–Trinajstić information content (AvgIpc) is 3.27. The third kappa shape index (κ3) is 3.64. The van der Waals surface area contributed by atoms with Crippen LogP contribution in [-0.4, -0.2) is 16.8 Å². The Morgan fingerprint density at radius 3 is 2.43 bits per heavy atom. The molecule has 0 unspecified atom stereocenters. The number of amides is 2. The summed E-state index contributed by atoms with van der Waals surface area (Å²) in [4.78, 5) is 31.8. The quantitative estimate of drug-likeness (QED) is 0.315. The van der Waals surface area contributed by atoms with Gasteiger partial charge >= 0.3 is 0 Å². The lowest BCUT2D eigenvalue weighted by Crippen LogP contribution is -2.30. The van der Waals surface area contributed by atoms with E-state index in [0.29, 0.717) is 15.7 Å². The number of hydrogen-bond donors (Lipinski definition) is 0. The molecule has 1 aromatic heterocycles. The number of aromatic nitrogens is 1. The van der Waals surface area contributed by atoms with E-state index in [1.807, 2.05) is 30.3 Å². The van der Waals surface area contributed by atoms with Gasteiger partial charge in [-0.25, -0.2) is 4.98 Å². The van der Waals surface area contributed by atoms with E-state index in [-0.39, 0.29) is 23.7 Å². The lowest BCUT2D eigenvalue weighted by molar-refractivity contribution is -0.122. The van der Waals surface area contributed by atoms with Crippen molar-refractivity contribution < 1.29 is 9.59 Å². The number of imide groups is 1. The smallest absolute Gasteiger partial charge is 0.237 e. The SMILES string of the molecule is O=C1[C@@H]2CCCC[C@H]2C(=O)N1c1ccc2nc(SCc3ccc(Cl)c(Cl)c3)sc2c1. The van der Waals surface area contributed by atoms with Gasteiger partial charge in [0.2, 0.25) is 11.8 Å². The number of hydrogen-bond acceptors (Lipinski definition) is 5. The maximum Gasteiger partial charge on any atom is 0.237 e. The lowest BCUT2D eigenvalue weighted by atomic mass is 9.81. The number of anilines is 1. The van der Waals surface area contributed by atoms with Crippen molar-refractivity contribution in [2.45, 2.75) is 35.8 Å². The molecule has 4 nitrogen and oxygen atoms in total. The summed E-state index contributed by atoms with van der Waals surface area (Å²) < 4.78 is 1.90. The number of rotatable bonds is 4. The Kier molecular flexibility index (Phi) is 5.52. The van der Waals surface area contributed by atoms with Crippen molar-refractivity contribution in [2.75, 3.05) is 4.90 Å². The van der Waals surface area contributed by atoms with E-state index in [4.69, 9.17) is 23.2 Å². The Morgan fingerprint density at radius 2 is 1.73 bits per heavy atom. The van der Waals surface area contributed by atoms with Gasteiger partial charge in [0.25, 0.3) is 0 Å². The Bertz CT molecular complexity index is 1140. The normalized spacial score (nSPS) is 21.5. The third-order valence-electron chi connectivity index (χ3n) is 5.80. The molecular formula is C22H18Cl2N2O2S2. The van der Waals surface area contributed by atoms with Crippen molar-refractivity contribution in [1.82, 2.24) is 4.98 Å². The molecule has 30 heavy (non-hydrogen) atoms. The van der Waals surface area contributed by atoms with Crippen LogP contribution in [0, 0.1) is 11.8 Å². The van der Waals surface area contributed by atoms with Crippen molar-refractivity contribution in [3.05, 3.63) is 52.0 Å². The third-order valence-corrected chi connectivity index (χ3v) is 8.77. The second-order valence-corrected chi connectivity index (χ2v) is 10.7. The molecular weight excluding hydrogens is 459 g/mol. The van der Waals surface area contributed by atoms with Gasteiger partial charge in [0.05, 0.1) is 37.8 Å². The molecule has 0 spiro atoms. The molecule has 1 aliphatic heterocycles. The van der Waals surface area contributed by atoms with Gasteiger partial charge in [0, 0.05) is 5.75 Å². The topological polar surface area (TPSA) is 50.3 Å². The van der Waals surface area contributed by atoms with Crippen LogP contribution < -0.4 is 4.90 Å². The zero-order chi connectivity index (χ0) is 20.8. The fourth-order valence-corrected chi connectivity index (χ4v) is 6.65. The molecule has 154 valence electrons. The molecule has 2 atom stereocenters. The molecule has 0 bridgehead atoms. The summed E-state index contributed by atoms with van der Waals surface area (Å²) in [6, 6.07) is 11.3. The molecule has 2 aliphatic rings. The van der Waals surface area contributed by atoms with Crippen LogP contribution in [0.3, 0.4) is 0 Å². The molecule has 3 aromatic rings. The van der Waals surface area contributed by atoms with E-state index < -0.39 is 0 Å². The highest BCUT2D eigenvalue weighted by Crippen LogP contribution is 2.41. The van der Waals surface area contributed by atoms with Crippen molar-refractivity contribution in [2.24, 2.45) is 11.8 Å².